The van der Waals surface area contributed by atoms with Gasteiger partial charge in [0.25, 0.3) is 11.8 Å². The van der Waals surface area contributed by atoms with E-state index in [1.54, 1.807) is 50.3 Å². The highest BCUT2D eigenvalue weighted by atomic mass is 79.9. The van der Waals surface area contributed by atoms with Crippen molar-refractivity contribution < 1.29 is 23.9 Å². The first kappa shape index (κ1) is 35.7. The van der Waals surface area contributed by atoms with Crippen LogP contribution in [0.25, 0.3) is 6.08 Å². The zero-order chi connectivity index (χ0) is 34.5. The molecule has 1 N–H and O–H groups in total. The molecule has 0 fully saturated rings. The van der Waals surface area contributed by atoms with Crippen molar-refractivity contribution in [3.05, 3.63) is 136 Å². The van der Waals surface area contributed by atoms with E-state index in [0.29, 0.717) is 33.8 Å². The van der Waals surface area contributed by atoms with Gasteiger partial charge in [0.1, 0.15) is 11.6 Å². The van der Waals surface area contributed by atoms with Gasteiger partial charge in [0.05, 0.1) is 22.9 Å². The summed E-state index contributed by atoms with van der Waals surface area (Å²) in [4.78, 5) is 46.4. The SMILES string of the molecule is C=C/C=C\C(=C/C)N1C(=O)/C(=C/c2cc(Br)c(OCC#N)c(OCC)c2)C(=O)N=C1SCC(=O)NC(c1ccccc1)c1ccccc1. The number of allylic oxidation sites excluding steroid dienone is 4. The van der Waals surface area contributed by atoms with Crippen LogP contribution < -0.4 is 14.8 Å². The Bertz CT molecular complexity index is 1790. The Labute approximate surface area is 292 Å². The molecule has 9 nitrogen and oxygen atoms in total. The van der Waals surface area contributed by atoms with Crippen molar-refractivity contribution in [2.24, 2.45) is 4.99 Å². The number of hydrogen-bond donors (Lipinski definition) is 1. The molecule has 244 valence electrons. The third kappa shape index (κ3) is 9.00. The van der Waals surface area contributed by atoms with E-state index in [0.717, 1.165) is 22.9 Å². The Hall–Kier alpha value is -5.18. The number of carbonyl (C=O) groups excluding carboxylic acids is 3. The van der Waals surface area contributed by atoms with E-state index < -0.39 is 17.9 Å². The number of hydrogen-bond acceptors (Lipinski definition) is 7. The van der Waals surface area contributed by atoms with Crippen molar-refractivity contribution in [1.82, 2.24) is 10.2 Å². The van der Waals surface area contributed by atoms with Crippen LogP contribution in [0.2, 0.25) is 0 Å². The average molecular weight is 726 g/mol. The van der Waals surface area contributed by atoms with Gasteiger partial charge in [-0.2, -0.15) is 10.3 Å². The first-order valence-corrected chi connectivity index (χ1v) is 16.7. The summed E-state index contributed by atoms with van der Waals surface area (Å²) in [6.45, 7) is 7.38. The Kier molecular flexibility index (Phi) is 13.1. The Balaban J connectivity index is 1.65. The van der Waals surface area contributed by atoms with Crippen molar-refractivity contribution in [3.8, 4) is 17.6 Å². The normalized spacial score (nSPS) is 14.2. The molecular formula is C37H33BrN4O5S. The molecule has 11 heteroatoms. The van der Waals surface area contributed by atoms with Gasteiger partial charge in [0, 0.05) is 5.70 Å². The van der Waals surface area contributed by atoms with E-state index in [-0.39, 0.29) is 29.0 Å². The molecule has 0 saturated heterocycles. The predicted molar refractivity (Wildman–Crippen MR) is 192 cm³/mol. The Morgan fingerprint density at radius 3 is 2.35 bits per heavy atom. The zero-order valence-corrected chi connectivity index (χ0v) is 28.8. The summed E-state index contributed by atoms with van der Waals surface area (Å²) < 4.78 is 11.7. The number of halogens is 1. The Morgan fingerprint density at radius 2 is 1.77 bits per heavy atom. The first-order valence-electron chi connectivity index (χ1n) is 14.9. The second-order valence-electron chi connectivity index (χ2n) is 10.0. The van der Waals surface area contributed by atoms with Gasteiger partial charge in [-0.05, 0) is 70.8 Å². The number of nitrogens with zero attached hydrogens (tertiary/aromatic N) is 3. The van der Waals surface area contributed by atoms with Crippen LogP contribution in [0.5, 0.6) is 11.5 Å². The van der Waals surface area contributed by atoms with E-state index in [2.05, 4.69) is 32.8 Å². The fourth-order valence-corrected chi connectivity index (χ4v) is 6.12. The molecule has 0 saturated carbocycles. The average Bonchev–Trinajstić information content (AvgIpc) is 3.09. The lowest BCUT2D eigenvalue weighted by atomic mass is 9.99. The predicted octanol–water partition coefficient (Wildman–Crippen LogP) is 7.14. The number of carbonyl (C=O) groups is 3. The van der Waals surface area contributed by atoms with Gasteiger partial charge >= 0.3 is 0 Å². The van der Waals surface area contributed by atoms with E-state index in [1.807, 2.05) is 66.7 Å². The van der Waals surface area contributed by atoms with Crippen LogP contribution in [0, 0.1) is 11.3 Å². The number of nitrogens with one attached hydrogen (secondary N) is 1. The molecule has 0 atom stereocenters. The molecule has 3 aromatic carbocycles. The van der Waals surface area contributed by atoms with E-state index in [4.69, 9.17) is 14.7 Å². The molecule has 0 aliphatic carbocycles. The van der Waals surface area contributed by atoms with Crippen LogP contribution in [0.1, 0.15) is 36.6 Å². The van der Waals surface area contributed by atoms with Crippen LogP contribution >= 0.6 is 27.7 Å². The van der Waals surface area contributed by atoms with E-state index >= 15 is 0 Å². The van der Waals surface area contributed by atoms with Gasteiger partial charge in [0.2, 0.25) is 5.91 Å². The molecule has 0 bridgehead atoms. The molecule has 48 heavy (non-hydrogen) atoms. The second-order valence-corrected chi connectivity index (χ2v) is 11.8. The number of benzene rings is 3. The number of amidine groups is 1. The van der Waals surface area contributed by atoms with Crippen molar-refractivity contribution in [2.75, 3.05) is 19.0 Å². The summed E-state index contributed by atoms with van der Waals surface area (Å²) >= 11 is 4.42. The second kappa shape index (κ2) is 17.7. The maximum atomic E-state index is 14.0. The summed E-state index contributed by atoms with van der Waals surface area (Å²) in [5.74, 6) is -1.14. The molecular weight excluding hydrogens is 692 g/mol. The molecule has 0 radical (unpaired) electrons. The van der Waals surface area contributed by atoms with Gasteiger partial charge in [-0.3, -0.25) is 19.3 Å². The summed E-state index contributed by atoms with van der Waals surface area (Å²) in [5.41, 5.74) is 2.53. The van der Waals surface area contributed by atoms with Crippen LogP contribution in [-0.2, 0) is 14.4 Å². The number of nitriles is 1. The van der Waals surface area contributed by atoms with Gasteiger partial charge in [0.15, 0.2) is 23.3 Å². The number of ether oxygens (including phenoxy) is 2. The third-order valence-electron chi connectivity index (χ3n) is 6.84. The fraction of sp³-hybridized carbons (Fsp3) is 0.162. The maximum absolute atomic E-state index is 14.0. The Morgan fingerprint density at radius 1 is 1.10 bits per heavy atom. The zero-order valence-electron chi connectivity index (χ0n) is 26.4. The van der Waals surface area contributed by atoms with Crippen molar-refractivity contribution >= 4 is 56.7 Å². The molecule has 1 aliphatic heterocycles. The van der Waals surface area contributed by atoms with Crippen LogP contribution in [-0.4, -0.2) is 46.8 Å². The highest BCUT2D eigenvalue weighted by Crippen LogP contribution is 2.38. The van der Waals surface area contributed by atoms with E-state index in [9.17, 15) is 14.4 Å². The number of amides is 3. The largest absolute Gasteiger partial charge is 0.490 e. The maximum Gasteiger partial charge on any atom is 0.285 e. The van der Waals surface area contributed by atoms with Crippen LogP contribution in [0.4, 0.5) is 0 Å². The summed E-state index contributed by atoms with van der Waals surface area (Å²) in [6, 6.07) is 24.0. The summed E-state index contributed by atoms with van der Waals surface area (Å²) in [6.07, 6.45) is 8.01. The lowest BCUT2D eigenvalue weighted by molar-refractivity contribution is -0.126. The van der Waals surface area contributed by atoms with E-state index in [1.165, 1.54) is 11.0 Å². The highest BCUT2D eigenvalue weighted by Gasteiger charge is 2.35. The quantitative estimate of drug-likeness (QED) is 0.113. The molecule has 3 amide bonds. The smallest absolute Gasteiger partial charge is 0.285 e. The van der Waals surface area contributed by atoms with Crippen molar-refractivity contribution in [2.45, 2.75) is 19.9 Å². The first-order chi connectivity index (χ1) is 23.3. The van der Waals surface area contributed by atoms with Crippen molar-refractivity contribution in [1.29, 1.82) is 5.26 Å². The number of aliphatic imine (C=N–C) groups is 1. The molecule has 0 unspecified atom stereocenters. The molecule has 3 aromatic rings. The minimum atomic E-state index is -0.757. The van der Waals surface area contributed by atoms with Gasteiger partial charge < -0.3 is 14.8 Å². The lowest BCUT2D eigenvalue weighted by Gasteiger charge is -2.28. The third-order valence-corrected chi connectivity index (χ3v) is 8.36. The fourth-order valence-electron chi connectivity index (χ4n) is 4.74. The highest BCUT2D eigenvalue weighted by molar-refractivity contribution is 9.10. The van der Waals surface area contributed by atoms with Gasteiger partial charge in [-0.15, -0.1) is 0 Å². The summed E-state index contributed by atoms with van der Waals surface area (Å²) in [5, 5.41) is 12.1. The molecule has 0 aromatic heterocycles. The van der Waals surface area contributed by atoms with Crippen LogP contribution in [0.3, 0.4) is 0 Å². The standard InChI is InChI=1S/C37H33BrN4O5S/c1-4-7-18-28(5-2)42-36(45)29(21-25-22-30(38)34(47-20-19-39)31(23-25)46-6-3)35(44)41-37(42)48-24-32(43)40-33(26-14-10-8-11-15-26)27-16-12-9-13-17-27/h4-5,7-18,21-23,33H,1,6,20,24H2,2-3H3,(H,40,43)/b18-7-,28-5+,29-21+. The molecule has 0 spiro atoms. The minimum absolute atomic E-state index is 0.0616. The molecule has 1 heterocycles. The minimum Gasteiger partial charge on any atom is -0.490 e. The topological polar surface area (TPSA) is 121 Å². The number of rotatable bonds is 13. The molecule has 4 rings (SSSR count). The van der Waals surface area contributed by atoms with Gasteiger partial charge in [-0.1, -0.05) is 97.2 Å². The monoisotopic (exact) mass is 724 g/mol. The number of thioether (sulfide) groups is 1. The summed E-state index contributed by atoms with van der Waals surface area (Å²) in [7, 11) is 0. The van der Waals surface area contributed by atoms with Crippen LogP contribution in [0.15, 0.2) is 124 Å². The molecule has 1 aliphatic rings. The van der Waals surface area contributed by atoms with Crippen molar-refractivity contribution in [3.63, 3.8) is 0 Å². The van der Waals surface area contributed by atoms with Gasteiger partial charge in [-0.25, -0.2) is 0 Å². The lowest BCUT2D eigenvalue weighted by Crippen LogP contribution is -2.42.